The monoisotopic (exact) mass is 583 g/mol. The third-order valence-corrected chi connectivity index (χ3v) is 12.2. The first kappa shape index (κ1) is 27.0. The van der Waals surface area contributed by atoms with Gasteiger partial charge in [-0.25, -0.2) is 0 Å². The molecule has 2 aliphatic carbocycles. The van der Waals surface area contributed by atoms with E-state index in [0.717, 1.165) is 6.42 Å². The van der Waals surface area contributed by atoms with Crippen LogP contribution in [0.15, 0.2) is 115 Å². The van der Waals surface area contributed by atoms with E-state index in [1.54, 1.807) is 0 Å². The maximum Gasteiger partial charge on any atom is 0.0480 e. The summed E-state index contributed by atoms with van der Waals surface area (Å²) >= 11 is 0. The summed E-state index contributed by atoms with van der Waals surface area (Å²) in [6, 6.07) is 43.9. The summed E-state index contributed by atoms with van der Waals surface area (Å²) in [5.41, 5.74) is 12.8. The highest BCUT2D eigenvalue weighted by atomic mass is 15.2. The summed E-state index contributed by atoms with van der Waals surface area (Å²) in [6.45, 7) is 9.90. The van der Waals surface area contributed by atoms with Crippen LogP contribution in [0.3, 0.4) is 0 Å². The molecule has 0 N–H and O–H groups in total. The minimum atomic E-state index is -0.0593. The topological polar surface area (TPSA) is 3.24 Å². The first-order chi connectivity index (χ1) is 21.8. The Labute approximate surface area is 267 Å². The SMILES string of the molecule is CC1(C)c2cc(-c3ccc4c(c3)CC3(C)CCCCC3(C)N4c3ccccc3)ccc2-c2c1ccc1c2ccc2ccccc21. The summed E-state index contributed by atoms with van der Waals surface area (Å²) in [6.07, 6.45) is 6.30. The summed E-state index contributed by atoms with van der Waals surface area (Å²) in [7, 11) is 0. The number of nitrogens with zero attached hydrogens (tertiary/aromatic N) is 1. The van der Waals surface area contributed by atoms with Gasteiger partial charge in [0.2, 0.25) is 0 Å². The zero-order chi connectivity index (χ0) is 30.6. The molecular formula is C44H41N. The zero-order valence-electron chi connectivity index (χ0n) is 27.0. The lowest BCUT2D eigenvalue weighted by Crippen LogP contribution is -2.60. The van der Waals surface area contributed by atoms with Gasteiger partial charge in [-0.1, -0.05) is 119 Å². The number of anilines is 2. The molecule has 222 valence electrons. The second-order valence-electron chi connectivity index (χ2n) is 15.0. The van der Waals surface area contributed by atoms with Gasteiger partial charge in [0, 0.05) is 22.3 Å². The molecule has 1 fully saturated rings. The maximum atomic E-state index is 2.70. The fraction of sp³-hybridized carbons (Fsp3) is 0.273. The normalized spacial score (nSPS) is 23.0. The molecule has 0 spiro atoms. The molecule has 0 radical (unpaired) electrons. The number of para-hydroxylation sites is 1. The Kier molecular flexibility index (Phi) is 5.60. The van der Waals surface area contributed by atoms with Gasteiger partial charge in [-0.2, -0.15) is 0 Å². The molecule has 0 saturated heterocycles. The van der Waals surface area contributed by atoms with Crippen LogP contribution in [0.2, 0.25) is 0 Å². The van der Waals surface area contributed by atoms with Gasteiger partial charge >= 0.3 is 0 Å². The minimum absolute atomic E-state index is 0.0593. The molecule has 1 aliphatic heterocycles. The van der Waals surface area contributed by atoms with Gasteiger partial charge in [-0.15, -0.1) is 0 Å². The van der Waals surface area contributed by atoms with Crippen LogP contribution in [-0.4, -0.2) is 5.54 Å². The average Bonchev–Trinajstić information content (AvgIpc) is 3.29. The Bertz CT molecular complexity index is 2150. The van der Waals surface area contributed by atoms with E-state index in [0.29, 0.717) is 0 Å². The van der Waals surface area contributed by atoms with E-state index in [1.165, 1.54) is 97.5 Å². The van der Waals surface area contributed by atoms with Crippen molar-refractivity contribution in [3.63, 3.8) is 0 Å². The molecule has 2 unspecified atom stereocenters. The second kappa shape index (κ2) is 9.33. The fourth-order valence-corrected chi connectivity index (χ4v) is 9.53. The quantitative estimate of drug-likeness (QED) is 0.183. The van der Waals surface area contributed by atoms with E-state index in [4.69, 9.17) is 0 Å². The predicted octanol–water partition coefficient (Wildman–Crippen LogP) is 12.0. The van der Waals surface area contributed by atoms with Crippen molar-refractivity contribution in [2.24, 2.45) is 5.41 Å². The smallest absolute Gasteiger partial charge is 0.0480 e. The van der Waals surface area contributed by atoms with Crippen LogP contribution in [0.5, 0.6) is 0 Å². The molecule has 9 rings (SSSR count). The zero-order valence-corrected chi connectivity index (χ0v) is 27.0. The standard InChI is InChI=1S/C44H41N/c1-42(2)38-22-21-35-34-15-9-8-12-29(34)16-19-36(35)41(38)37-20-17-31(27-39(37)42)30-18-23-40-32(26-30)28-43(3)24-10-11-25-44(43,4)45(40)33-13-6-5-7-14-33/h5-9,12-23,26-27H,10-11,24-25,28H2,1-4H3. The van der Waals surface area contributed by atoms with Gasteiger partial charge in [0.15, 0.2) is 0 Å². The van der Waals surface area contributed by atoms with Crippen LogP contribution in [-0.2, 0) is 11.8 Å². The Balaban J connectivity index is 1.18. The van der Waals surface area contributed by atoms with E-state index in [-0.39, 0.29) is 16.4 Å². The fourth-order valence-electron chi connectivity index (χ4n) is 9.53. The van der Waals surface area contributed by atoms with Gasteiger partial charge in [-0.05, 0) is 122 Å². The maximum absolute atomic E-state index is 2.70. The summed E-state index contributed by atoms with van der Waals surface area (Å²) in [5.74, 6) is 0. The molecule has 6 aromatic carbocycles. The van der Waals surface area contributed by atoms with Crippen molar-refractivity contribution >= 4 is 32.9 Å². The molecule has 2 atom stereocenters. The molecular weight excluding hydrogens is 542 g/mol. The van der Waals surface area contributed by atoms with E-state index >= 15 is 0 Å². The van der Waals surface area contributed by atoms with Gasteiger partial charge in [0.1, 0.15) is 0 Å². The predicted molar refractivity (Wildman–Crippen MR) is 192 cm³/mol. The van der Waals surface area contributed by atoms with Crippen LogP contribution in [0.1, 0.15) is 70.1 Å². The van der Waals surface area contributed by atoms with Crippen LogP contribution in [0.25, 0.3) is 43.8 Å². The number of benzene rings is 6. The summed E-state index contributed by atoms with van der Waals surface area (Å²) in [5, 5.41) is 5.35. The van der Waals surface area contributed by atoms with Crippen molar-refractivity contribution < 1.29 is 0 Å². The summed E-state index contributed by atoms with van der Waals surface area (Å²) in [4.78, 5) is 2.70. The summed E-state index contributed by atoms with van der Waals surface area (Å²) < 4.78 is 0. The largest absolute Gasteiger partial charge is 0.335 e. The molecule has 6 aromatic rings. The second-order valence-corrected chi connectivity index (χ2v) is 15.0. The minimum Gasteiger partial charge on any atom is -0.335 e. The van der Waals surface area contributed by atoms with Crippen LogP contribution < -0.4 is 4.90 Å². The van der Waals surface area contributed by atoms with Crippen molar-refractivity contribution in [2.45, 2.75) is 70.8 Å². The van der Waals surface area contributed by atoms with Gasteiger partial charge in [0.05, 0.1) is 0 Å². The molecule has 45 heavy (non-hydrogen) atoms. The molecule has 0 bridgehead atoms. The van der Waals surface area contributed by atoms with Gasteiger partial charge in [0.25, 0.3) is 0 Å². The van der Waals surface area contributed by atoms with Crippen LogP contribution >= 0.6 is 0 Å². The third kappa shape index (κ3) is 3.67. The van der Waals surface area contributed by atoms with Crippen molar-refractivity contribution in [1.29, 1.82) is 0 Å². The first-order valence-electron chi connectivity index (χ1n) is 16.9. The highest BCUT2D eigenvalue weighted by Gasteiger charge is 2.53. The Morgan fingerprint density at radius 3 is 2.18 bits per heavy atom. The highest BCUT2D eigenvalue weighted by molar-refractivity contribution is 6.14. The number of hydrogen-bond acceptors (Lipinski definition) is 1. The molecule has 1 heterocycles. The molecule has 0 aromatic heterocycles. The lowest BCUT2D eigenvalue weighted by atomic mass is 9.57. The van der Waals surface area contributed by atoms with Gasteiger partial charge < -0.3 is 4.90 Å². The Hall–Kier alpha value is -4.36. The lowest BCUT2D eigenvalue weighted by Gasteiger charge is -2.60. The number of fused-ring (bicyclic) bond motifs is 9. The van der Waals surface area contributed by atoms with Crippen molar-refractivity contribution in [3.05, 3.63) is 132 Å². The van der Waals surface area contributed by atoms with Crippen LogP contribution in [0.4, 0.5) is 11.4 Å². The van der Waals surface area contributed by atoms with Crippen LogP contribution in [0, 0.1) is 5.41 Å². The first-order valence-corrected chi connectivity index (χ1v) is 16.9. The third-order valence-electron chi connectivity index (χ3n) is 12.2. The number of rotatable bonds is 2. The number of hydrogen-bond donors (Lipinski definition) is 0. The van der Waals surface area contributed by atoms with Gasteiger partial charge in [-0.3, -0.25) is 0 Å². The molecule has 1 saturated carbocycles. The van der Waals surface area contributed by atoms with Crippen molar-refractivity contribution in [2.75, 3.05) is 4.90 Å². The van der Waals surface area contributed by atoms with E-state index in [9.17, 15) is 0 Å². The van der Waals surface area contributed by atoms with Crippen molar-refractivity contribution in [3.8, 4) is 22.3 Å². The highest BCUT2D eigenvalue weighted by Crippen LogP contribution is 2.58. The molecule has 1 nitrogen and oxygen atoms in total. The molecule has 1 heteroatoms. The molecule has 3 aliphatic rings. The average molecular weight is 584 g/mol. The van der Waals surface area contributed by atoms with Crippen molar-refractivity contribution in [1.82, 2.24) is 0 Å². The van der Waals surface area contributed by atoms with E-state index in [2.05, 4.69) is 148 Å². The Morgan fingerprint density at radius 2 is 1.31 bits per heavy atom. The molecule has 0 amide bonds. The van der Waals surface area contributed by atoms with E-state index in [1.807, 2.05) is 0 Å². The van der Waals surface area contributed by atoms with E-state index < -0.39 is 0 Å². The lowest BCUT2D eigenvalue weighted by molar-refractivity contribution is 0.0863. The Morgan fingerprint density at radius 1 is 0.578 bits per heavy atom.